The molecule has 3 heterocycles. The first-order chi connectivity index (χ1) is 19.1. The topological polar surface area (TPSA) is 76.4 Å². The minimum absolute atomic E-state index is 0.0108. The summed E-state index contributed by atoms with van der Waals surface area (Å²) >= 11 is 0. The molecule has 0 N–H and O–H groups in total. The van der Waals surface area contributed by atoms with Crippen LogP contribution in [0.3, 0.4) is 0 Å². The van der Waals surface area contributed by atoms with Crippen LogP contribution in [-0.4, -0.2) is 63.3 Å². The molecule has 1 saturated heterocycles. The maximum absolute atomic E-state index is 12.8. The SMILES string of the molecule is Cc1ccc(Cc2nc(N3CCN(C(=O)COc4ccccc4)CC3)c3cnn(-c4ccccc4)c3n2)cc1. The zero-order chi connectivity index (χ0) is 26.6. The van der Waals surface area contributed by atoms with Gasteiger partial charge in [-0.05, 0) is 36.8 Å². The number of hydrogen-bond donors (Lipinski definition) is 0. The summed E-state index contributed by atoms with van der Waals surface area (Å²) in [5.41, 5.74) is 4.11. The van der Waals surface area contributed by atoms with E-state index >= 15 is 0 Å². The van der Waals surface area contributed by atoms with Gasteiger partial charge in [-0.1, -0.05) is 66.2 Å². The van der Waals surface area contributed by atoms with Crippen molar-refractivity contribution in [2.75, 3.05) is 37.7 Å². The second-order valence-corrected chi connectivity index (χ2v) is 9.72. The fraction of sp³-hybridized carbons (Fsp3) is 0.226. The Bertz CT molecular complexity index is 1560. The molecule has 0 radical (unpaired) electrons. The molecule has 0 aliphatic carbocycles. The maximum atomic E-state index is 12.8. The molecule has 2 aromatic heterocycles. The summed E-state index contributed by atoms with van der Waals surface area (Å²) in [5, 5.41) is 5.59. The van der Waals surface area contributed by atoms with Gasteiger partial charge in [0, 0.05) is 32.6 Å². The van der Waals surface area contributed by atoms with E-state index in [2.05, 4.69) is 41.2 Å². The van der Waals surface area contributed by atoms with Gasteiger partial charge >= 0.3 is 0 Å². The summed E-state index contributed by atoms with van der Waals surface area (Å²) in [5.74, 6) is 2.29. The molecular formula is C31H30N6O2. The van der Waals surface area contributed by atoms with Crippen molar-refractivity contribution < 1.29 is 9.53 Å². The second-order valence-electron chi connectivity index (χ2n) is 9.72. The fourth-order valence-corrected chi connectivity index (χ4v) is 4.82. The van der Waals surface area contributed by atoms with Gasteiger partial charge in [0.25, 0.3) is 5.91 Å². The number of hydrogen-bond acceptors (Lipinski definition) is 6. The molecule has 1 aliphatic heterocycles. The number of benzene rings is 3. The average molecular weight is 519 g/mol. The number of anilines is 1. The molecule has 0 bridgehead atoms. The molecule has 0 atom stereocenters. The van der Waals surface area contributed by atoms with Crippen molar-refractivity contribution >= 4 is 22.8 Å². The fourth-order valence-electron chi connectivity index (χ4n) is 4.82. The molecule has 1 amide bonds. The van der Waals surface area contributed by atoms with Crippen molar-refractivity contribution in [2.24, 2.45) is 0 Å². The first-order valence-electron chi connectivity index (χ1n) is 13.2. The highest BCUT2D eigenvalue weighted by Gasteiger charge is 2.25. The molecule has 8 nitrogen and oxygen atoms in total. The summed E-state index contributed by atoms with van der Waals surface area (Å²) in [6, 6.07) is 27.9. The molecule has 8 heteroatoms. The Labute approximate surface area is 227 Å². The lowest BCUT2D eigenvalue weighted by molar-refractivity contribution is -0.133. The van der Waals surface area contributed by atoms with Crippen molar-refractivity contribution in [3.63, 3.8) is 0 Å². The molecule has 0 spiro atoms. The van der Waals surface area contributed by atoms with E-state index < -0.39 is 0 Å². The summed E-state index contributed by atoms with van der Waals surface area (Å²) in [6.45, 7) is 4.66. The maximum Gasteiger partial charge on any atom is 0.260 e. The molecule has 0 unspecified atom stereocenters. The summed E-state index contributed by atoms with van der Waals surface area (Å²) in [7, 11) is 0. The molecule has 196 valence electrons. The van der Waals surface area contributed by atoms with Gasteiger partial charge in [0.15, 0.2) is 12.3 Å². The van der Waals surface area contributed by atoms with Crippen LogP contribution in [0, 0.1) is 6.92 Å². The van der Waals surface area contributed by atoms with Crippen molar-refractivity contribution in [3.8, 4) is 11.4 Å². The van der Waals surface area contributed by atoms with Gasteiger partial charge in [-0.2, -0.15) is 5.10 Å². The zero-order valence-corrected chi connectivity index (χ0v) is 21.9. The van der Waals surface area contributed by atoms with Crippen LogP contribution < -0.4 is 9.64 Å². The van der Waals surface area contributed by atoms with Gasteiger partial charge in [0.05, 0.1) is 17.3 Å². The largest absolute Gasteiger partial charge is 0.484 e. The molecule has 6 rings (SSSR count). The zero-order valence-electron chi connectivity index (χ0n) is 21.9. The van der Waals surface area contributed by atoms with Gasteiger partial charge in [0.1, 0.15) is 17.4 Å². The lowest BCUT2D eigenvalue weighted by atomic mass is 10.1. The quantitative estimate of drug-likeness (QED) is 0.317. The third-order valence-electron chi connectivity index (χ3n) is 6.98. The van der Waals surface area contributed by atoms with E-state index in [0.717, 1.165) is 33.9 Å². The van der Waals surface area contributed by atoms with Crippen LogP contribution in [0.2, 0.25) is 0 Å². The third-order valence-corrected chi connectivity index (χ3v) is 6.98. The Morgan fingerprint density at radius 2 is 1.54 bits per heavy atom. The lowest BCUT2D eigenvalue weighted by Gasteiger charge is -2.35. The summed E-state index contributed by atoms with van der Waals surface area (Å²) < 4.78 is 7.55. The number of ether oxygens (including phenoxy) is 1. The van der Waals surface area contributed by atoms with Crippen LogP contribution in [0.5, 0.6) is 5.75 Å². The Balaban J connectivity index is 1.25. The third kappa shape index (κ3) is 5.45. The van der Waals surface area contributed by atoms with Crippen LogP contribution in [0.25, 0.3) is 16.7 Å². The molecule has 39 heavy (non-hydrogen) atoms. The van der Waals surface area contributed by atoms with Crippen LogP contribution in [0.1, 0.15) is 17.0 Å². The summed E-state index contributed by atoms with van der Waals surface area (Å²) in [4.78, 5) is 26.9. The molecule has 5 aromatic rings. The van der Waals surface area contributed by atoms with Gasteiger partial charge in [-0.15, -0.1) is 0 Å². The Kier molecular flexibility index (Phi) is 6.91. The number of aryl methyl sites for hydroxylation is 1. The number of piperazine rings is 1. The number of fused-ring (bicyclic) bond motifs is 1. The van der Waals surface area contributed by atoms with Crippen molar-refractivity contribution in [1.29, 1.82) is 0 Å². The van der Waals surface area contributed by atoms with Gasteiger partial charge in [0.2, 0.25) is 0 Å². The van der Waals surface area contributed by atoms with Crippen LogP contribution in [0.4, 0.5) is 5.82 Å². The number of nitrogens with zero attached hydrogens (tertiary/aromatic N) is 6. The van der Waals surface area contributed by atoms with Crippen molar-refractivity contribution in [1.82, 2.24) is 24.6 Å². The predicted molar refractivity (Wildman–Crippen MR) is 151 cm³/mol. The number of amides is 1. The number of aromatic nitrogens is 4. The first kappa shape index (κ1) is 24.6. The van der Waals surface area contributed by atoms with Gasteiger partial charge < -0.3 is 14.5 Å². The standard InChI is InChI=1S/C31H30N6O2/c1-23-12-14-24(15-13-23)20-28-33-30(27-21-32-37(31(27)34-28)25-8-4-2-5-9-25)36-18-16-35(17-19-36)29(38)22-39-26-10-6-3-7-11-26/h2-15,21H,16-20,22H2,1H3. The molecular weight excluding hydrogens is 488 g/mol. The first-order valence-corrected chi connectivity index (χ1v) is 13.2. The summed E-state index contributed by atoms with van der Waals surface area (Å²) in [6.07, 6.45) is 2.47. The second kappa shape index (κ2) is 10.9. The highest BCUT2D eigenvalue weighted by atomic mass is 16.5. The monoisotopic (exact) mass is 518 g/mol. The van der Waals surface area contributed by atoms with Crippen LogP contribution >= 0.6 is 0 Å². The van der Waals surface area contributed by atoms with E-state index in [9.17, 15) is 4.79 Å². The number of para-hydroxylation sites is 2. The number of rotatable bonds is 7. The minimum atomic E-state index is -0.0108. The smallest absolute Gasteiger partial charge is 0.260 e. The normalized spacial score (nSPS) is 13.6. The van der Waals surface area contributed by atoms with E-state index in [-0.39, 0.29) is 12.5 Å². The van der Waals surface area contributed by atoms with E-state index in [1.807, 2.05) is 76.4 Å². The molecule has 1 fully saturated rings. The van der Waals surface area contributed by atoms with Crippen LogP contribution in [0.15, 0.2) is 91.1 Å². The van der Waals surface area contributed by atoms with E-state index in [4.69, 9.17) is 14.7 Å². The van der Waals surface area contributed by atoms with E-state index in [0.29, 0.717) is 38.3 Å². The van der Waals surface area contributed by atoms with Crippen molar-refractivity contribution in [3.05, 3.63) is 108 Å². The molecule has 3 aromatic carbocycles. The number of carbonyl (C=O) groups excluding carboxylic acids is 1. The highest BCUT2D eigenvalue weighted by Crippen LogP contribution is 2.27. The van der Waals surface area contributed by atoms with Gasteiger partial charge in [-0.25, -0.2) is 14.6 Å². The molecule has 0 saturated carbocycles. The lowest BCUT2D eigenvalue weighted by Crippen LogP contribution is -2.50. The van der Waals surface area contributed by atoms with E-state index in [1.165, 1.54) is 5.56 Å². The van der Waals surface area contributed by atoms with Gasteiger partial charge in [-0.3, -0.25) is 4.79 Å². The Morgan fingerprint density at radius 3 is 2.26 bits per heavy atom. The average Bonchev–Trinajstić information content (AvgIpc) is 3.42. The van der Waals surface area contributed by atoms with Crippen molar-refractivity contribution in [2.45, 2.75) is 13.3 Å². The Morgan fingerprint density at radius 1 is 0.846 bits per heavy atom. The Hall–Kier alpha value is -4.72. The number of carbonyl (C=O) groups is 1. The molecule has 1 aliphatic rings. The van der Waals surface area contributed by atoms with Crippen LogP contribution in [-0.2, 0) is 11.2 Å². The predicted octanol–water partition coefficient (Wildman–Crippen LogP) is 4.44. The highest BCUT2D eigenvalue weighted by molar-refractivity contribution is 5.88. The van der Waals surface area contributed by atoms with E-state index in [1.54, 1.807) is 0 Å². The minimum Gasteiger partial charge on any atom is -0.484 e.